The summed E-state index contributed by atoms with van der Waals surface area (Å²) in [5, 5.41) is 7.32. The SMILES string of the molecule is CCCCNC(=S)N/N=C\c1ccc(Br)cc1F. The molecule has 1 rings (SSSR count). The zero-order chi connectivity index (χ0) is 13.4. The average Bonchev–Trinajstić information content (AvgIpc) is 2.32. The van der Waals surface area contributed by atoms with Gasteiger partial charge in [0.05, 0.1) is 6.21 Å². The smallest absolute Gasteiger partial charge is 0.186 e. The molecule has 0 saturated heterocycles. The van der Waals surface area contributed by atoms with E-state index in [-0.39, 0.29) is 5.82 Å². The second-order valence-corrected chi connectivity index (χ2v) is 4.97. The topological polar surface area (TPSA) is 36.4 Å². The minimum atomic E-state index is -0.334. The fraction of sp³-hybridized carbons (Fsp3) is 0.333. The first-order valence-corrected chi connectivity index (χ1v) is 6.85. The lowest BCUT2D eigenvalue weighted by Crippen LogP contribution is -2.32. The van der Waals surface area contributed by atoms with Gasteiger partial charge >= 0.3 is 0 Å². The van der Waals surface area contributed by atoms with Gasteiger partial charge in [0.15, 0.2) is 5.11 Å². The molecule has 0 heterocycles. The molecule has 0 aliphatic heterocycles. The Bertz CT molecular complexity index is 437. The molecule has 6 heteroatoms. The third kappa shape index (κ3) is 5.55. The molecular formula is C12H15BrFN3S. The summed E-state index contributed by atoms with van der Waals surface area (Å²) in [6, 6.07) is 4.78. The summed E-state index contributed by atoms with van der Waals surface area (Å²) >= 11 is 8.19. The van der Waals surface area contributed by atoms with E-state index in [4.69, 9.17) is 12.2 Å². The minimum absolute atomic E-state index is 0.334. The summed E-state index contributed by atoms with van der Waals surface area (Å²) in [5.74, 6) is -0.334. The maximum Gasteiger partial charge on any atom is 0.186 e. The predicted molar refractivity (Wildman–Crippen MR) is 80.3 cm³/mol. The van der Waals surface area contributed by atoms with Crippen molar-refractivity contribution in [3.63, 3.8) is 0 Å². The Morgan fingerprint density at radius 3 is 3.00 bits per heavy atom. The Balaban J connectivity index is 2.42. The molecule has 3 nitrogen and oxygen atoms in total. The molecule has 0 spiro atoms. The van der Waals surface area contributed by atoms with E-state index in [9.17, 15) is 4.39 Å². The molecule has 1 aromatic carbocycles. The standard InChI is InChI=1S/C12H15BrFN3S/c1-2-3-6-15-12(18)17-16-8-9-4-5-10(13)7-11(9)14/h4-5,7-8H,2-3,6H2,1H3,(H2,15,17,18)/b16-8-. The molecule has 98 valence electrons. The summed E-state index contributed by atoms with van der Waals surface area (Å²) in [6.45, 7) is 2.91. The van der Waals surface area contributed by atoms with Gasteiger partial charge in [-0.25, -0.2) is 4.39 Å². The molecule has 0 bridgehead atoms. The van der Waals surface area contributed by atoms with Crippen LogP contribution in [0.4, 0.5) is 4.39 Å². The lowest BCUT2D eigenvalue weighted by molar-refractivity contribution is 0.625. The van der Waals surface area contributed by atoms with Crippen molar-refractivity contribution >= 4 is 39.5 Å². The van der Waals surface area contributed by atoms with Crippen molar-refractivity contribution in [2.45, 2.75) is 19.8 Å². The lowest BCUT2D eigenvalue weighted by atomic mass is 10.2. The number of hydrogen-bond donors (Lipinski definition) is 2. The molecule has 2 N–H and O–H groups in total. The number of thiocarbonyl (C=S) groups is 1. The Morgan fingerprint density at radius 1 is 1.56 bits per heavy atom. The van der Waals surface area contributed by atoms with Gasteiger partial charge in [0, 0.05) is 16.6 Å². The van der Waals surface area contributed by atoms with Crippen LogP contribution in [0.1, 0.15) is 25.3 Å². The molecule has 0 unspecified atom stereocenters. The van der Waals surface area contributed by atoms with Crippen LogP contribution in [-0.2, 0) is 0 Å². The monoisotopic (exact) mass is 331 g/mol. The van der Waals surface area contributed by atoms with E-state index in [0.29, 0.717) is 15.1 Å². The first kappa shape index (κ1) is 15.0. The van der Waals surface area contributed by atoms with E-state index in [1.807, 2.05) is 0 Å². The molecular weight excluding hydrogens is 317 g/mol. The Hall–Kier alpha value is -1.01. The summed E-state index contributed by atoms with van der Waals surface area (Å²) in [4.78, 5) is 0. The van der Waals surface area contributed by atoms with Crippen LogP contribution >= 0.6 is 28.1 Å². The van der Waals surface area contributed by atoms with Crippen LogP contribution in [0.3, 0.4) is 0 Å². The van der Waals surface area contributed by atoms with Gasteiger partial charge in [-0.3, -0.25) is 5.43 Å². The fourth-order valence-corrected chi connectivity index (χ4v) is 1.67. The summed E-state index contributed by atoms with van der Waals surface area (Å²) in [5.41, 5.74) is 3.05. The molecule has 1 aromatic rings. The zero-order valence-corrected chi connectivity index (χ0v) is 12.4. The number of rotatable bonds is 5. The molecule has 0 aliphatic rings. The first-order chi connectivity index (χ1) is 8.63. The normalized spacial score (nSPS) is 10.6. The van der Waals surface area contributed by atoms with Crippen LogP contribution < -0.4 is 10.7 Å². The summed E-state index contributed by atoms with van der Waals surface area (Å²) in [7, 11) is 0. The summed E-state index contributed by atoms with van der Waals surface area (Å²) < 4.78 is 14.1. The maximum absolute atomic E-state index is 13.4. The van der Waals surface area contributed by atoms with Crippen molar-refractivity contribution in [2.24, 2.45) is 5.10 Å². The van der Waals surface area contributed by atoms with Crippen LogP contribution in [0.2, 0.25) is 0 Å². The van der Waals surface area contributed by atoms with Crippen LogP contribution in [0.25, 0.3) is 0 Å². The van der Waals surface area contributed by atoms with Gasteiger partial charge in [-0.2, -0.15) is 5.10 Å². The minimum Gasteiger partial charge on any atom is -0.361 e. The van der Waals surface area contributed by atoms with Gasteiger partial charge in [0.2, 0.25) is 0 Å². The Labute approximate surface area is 120 Å². The highest BCUT2D eigenvalue weighted by Gasteiger charge is 1.99. The van der Waals surface area contributed by atoms with Gasteiger partial charge in [-0.1, -0.05) is 29.3 Å². The number of unbranched alkanes of at least 4 members (excludes halogenated alkanes) is 1. The van der Waals surface area contributed by atoms with E-state index in [1.165, 1.54) is 12.3 Å². The first-order valence-electron chi connectivity index (χ1n) is 5.65. The molecule has 0 atom stereocenters. The summed E-state index contributed by atoms with van der Waals surface area (Å²) in [6.07, 6.45) is 3.55. The average molecular weight is 332 g/mol. The van der Waals surface area contributed by atoms with Crippen molar-refractivity contribution in [2.75, 3.05) is 6.54 Å². The zero-order valence-electron chi connectivity index (χ0n) is 10.0. The Kier molecular flexibility index (Phi) is 6.82. The number of nitrogens with zero attached hydrogens (tertiary/aromatic N) is 1. The number of hydrazone groups is 1. The lowest BCUT2D eigenvalue weighted by Gasteiger charge is -2.05. The highest BCUT2D eigenvalue weighted by molar-refractivity contribution is 9.10. The third-order valence-corrected chi connectivity index (χ3v) is 2.88. The van der Waals surface area contributed by atoms with Gasteiger partial charge in [0.25, 0.3) is 0 Å². The third-order valence-electron chi connectivity index (χ3n) is 2.15. The van der Waals surface area contributed by atoms with Gasteiger partial charge in [0.1, 0.15) is 5.82 Å². The van der Waals surface area contributed by atoms with E-state index in [1.54, 1.807) is 12.1 Å². The number of benzene rings is 1. The molecule has 0 saturated carbocycles. The van der Waals surface area contributed by atoms with Crippen molar-refractivity contribution in [3.05, 3.63) is 34.1 Å². The molecule has 0 fully saturated rings. The van der Waals surface area contributed by atoms with Crippen molar-refractivity contribution < 1.29 is 4.39 Å². The van der Waals surface area contributed by atoms with Crippen LogP contribution in [0, 0.1) is 5.82 Å². The van der Waals surface area contributed by atoms with Crippen molar-refractivity contribution in [3.8, 4) is 0 Å². The fourth-order valence-electron chi connectivity index (χ4n) is 1.18. The van der Waals surface area contributed by atoms with Crippen molar-refractivity contribution in [1.29, 1.82) is 0 Å². The van der Waals surface area contributed by atoms with Crippen LogP contribution in [0.15, 0.2) is 27.8 Å². The van der Waals surface area contributed by atoms with E-state index >= 15 is 0 Å². The van der Waals surface area contributed by atoms with Crippen LogP contribution in [0.5, 0.6) is 0 Å². The Morgan fingerprint density at radius 2 is 2.33 bits per heavy atom. The second kappa shape index (κ2) is 8.16. The molecule has 0 amide bonds. The number of nitrogens with one attached hydrogen (secondary N) is 2. The predicted octanol–water partition coefficient (Wildman–Crippen LogP) is 3.19. The molecule has 18 heavy (non-hydrogen) atoms. The van der Waals surface area contributed by atoms with E-state index < -0.39 is 0 Å². The van der Waals surface area contributed by atoms with Gasteiger partial charge < -0.3 is 5.32 Å². The largest absolute Gasteiger partial charge is 0.361 e. The van der Waals surface area contributed by atoms with Crippen LogP contribution in [-0.4, -0.2) is 17.9 Å². The highest BCUT2D eigenvalue weighted by atomic mass is 79.9. The molecule has 0 aliphatic carbocycles. The maximum atomic E-state index is 13.4. The second-order valence-electron chi connectivity index (χ2n) is 3.65. The quantitative estimate of drug-likeness (QED) is 0.376. The van der Waals surface area contributed by atoms with Crippen molar-refractivity contribution in [1.82, 2.24) is 10.7 Å². The molecule has 0 aromatic heterocycles. The number of hydrogen-bond acceptors (Lipinski definition) is 2. The highest BCUT2D eigenvalue weighted by Crippen LogP contribution is 2.13. The van der Waals surface area contributed by atoms with Gasteiger partial charge in [-0.15, -0.1) is 0 Å². The molecule has 0 radical (unpaired) electrons. The van der Waals surface area contributed by atoms with E-state index in [2.05, 4.69) is 38.7 Å². The number of halogens is 2. The van der Waals surface area contributed by atoms with Gasteiger partial charge in [-0.05, 0) is 36.8 Å². The van der Waals surface area contributed by atoms with E-state index in [0.717, 1.165) is 19.4 Å².